The van der Waals surface area contributed by atoms with Gasteiger partial charge < -0.3 is 11.1 Å². The van der Waals surface area contributed by atoms with Gasteiger partial charge in [0.05, 0.1) is 5.75 Å². The molecule has 0 aliphatic rings. The van der Waals surface area contributed by atoms with E-state index in [1.54, 1.807) is 24.3 Å². The first-order chi connectivity index (χ1) is 7.61. The van der Waals surface area contributed by atoms with Gasteiger partial charge in [-0.05, 0) is 24.3 Å². The lowest BCUT2D eigenvalue weighted by Crippen LogP contribution is -2.13. The molecule has 0 radical (unpaired) electrons. The van der Waals surface area contributed by atoms with Crippen LogP contribution in [0.15, 0.2) is 29.2 Å². The van der Waals surface area contributed by atoms with E-state index in [1.807, 2.05) is 0 Å². The average molecular weight is 259 g/mol. The van der Waals surface area contributed by atoms with Crippen molar-refractivity contribution in [2.75, 3.05) is 16.9 Å². The van der Waals surface area contributed by atoms with Crippen LogP contribution in [-0.4, -0.2) is 23.4 Å². The molecule has 6 heteroatoms. The van der Waals surface area contributed by atoms with Crippen molar-refractivity contribution in [3.8, 4) is 0 Å². The van der Waals surface area contributed by atoms with Gasteiger partial charge in [-0.15, -0.1) is 23.4 Å². The molecule has 0 spiro atoms. The molecule has 0 aliphatic carbocycles. The molecular formula is C10H11ClN2O2S. The van der Waals surface area contributed by atoms with Gasteiger partial charge in [0, 0.05) is 10.6 Å². The van der Waals surface area contributed by atoms with Crippen LogP contribution in [0, 0.1) is 0 Å². The number of hydrogen-bond acceptors (Lipinski definition) is 3. The normalized spacial score (nSPS) is 9.81. The maximum atomic E-state index is 11.0. The standard InChI is InChI=1S/C10H11ClN2O2S/c11-5-10(15)13-7-1-3-8(4-2-7)16-6-9(12)14/h1-4H,5-6H2,(H2,12,14)(H,13,15). The van der Waals surface area contributed by atoms with E-state index in [-0.39, 0.29) is 23.4 Å². The van der Waals surface area contributed by atoms with Crippen molar-refractivity contribution < 1.29 is 9.59 Å². The zero-order valence-corrected chi connectivity index (χ0v) is 9.98. The minimum atomic E-state index is -0.357. The Morgan fingerprint density at radius 3 is 2.44 bits per heavy atom. The summed E-state index contributed by atoms with van der Waals surface area (Å²) in [5.41, 5.74) is 5.70. The number of carbonyl (C=O) groups is 2. The second-order valence-corrected chi connectivity index (χ2v) is 4.28. The van der Waals surface area contributed by atoms with Crippen LogP contribution in [-0.2, 0) is 9.59 Å². The number of amides is 2. The molecule has 1 rings (SSSR count). The van der Waals surface area contributed by atoms with E-state index in [9.17, 15) is 9.59 Å². The van der Waals surface area contributed by atoms with E-state index in [0.717, 1.165) is 4.90 Å². The highest BCUT2D eigenvalue weighted by molar-refractivity contribution is 8.00. The Hall–Kier alpha value is -1.20. The molecule has 86 valence electrons. The fraction of sp³-hybridized carbons (Fsp3) is 0.200. The fourth-order valence-corrected chi connectivity index (χ4v) is 1.69. The summed E-state index contributed by atoms with van der Waals surface area (Å²) in [7, 11) is 0. The lowest BCUT2D eigenvalue weighted by molar-refractivity contribution is -0.115. The Labute approximate surface area is 103 Å². The third-order valence-corrected chi connectivity index (χ3v) is 2.92. The smallest absolute Gasteiger partial charge is 0.239 e. The molecule has 16 heavy (non-hydrogen) atoms. The highest BCUT2D eigenvalue weighted by atomic mass is 35.5. The molecule has 1 aromatic carbocycles. The molecule has 0 unspecified atom stereocenters. The van der Waals surface area contributed by atoms with Crippen molar-refractivity contribution >= 4 is 40.9 Å². The summed E-state index contributed by atoms with van der Waals surface area (Å²) in [5, 5.41) is 2.61. The largest absolute Gasteiger partial charge is 0.369 e. The Kier molecular flexibility index (Phi) is 5.14. The molecule has 0 bridgehead atoms. The van der Waals surface area contributed by atoms with E-state index < -0.39 is 0 Å². The van der Waals surface area contributed by atoms with E-state index >= 15 is 0 Å². The van der Waals surface area contributed by atoms with Gasteiger partial charge in [0.2, 0.25) is 11.8 Å². The van der Waals surface area contributed by atoms with Crippen molar-refractivity contribution in [1.29, 1.82) is 0 Å². The van der Waals surface area contributed by atoms with Gasteiger partial charge in [0.1, 0.15) is 5.88 Å². The van der Waals surface area contributed by atoms with Crippen LogP contribution in [0.4, 0.5) is 5.69 Å². The van der Waals surface area contributed by atoms with Gasteiger partial charge in [0.25, 0.3) is 0 Å². The number of nitrogens with one attached hydrogen (secondary N) is 1. The third-order valence-electron chi connectivity index (χ3n) is 1.64. The van der Waals surface area contributed by atoms with Gasteiger partial charge in [-0.3, -0.25) is 9.59 Å². The van der Waals surface area contributed by atoms with Crippen LogP contribution < -0.4 is 11.1 Å². The molecule has 2 amide bonds. The van der Waals surface area contributed by atoms with Crippen LogP contribution >= 0.6 is 23.4 Å². The summed E-state index contributed by atoms with van der Waals surface area (Å²) in [6, 6.07) is 7.09. The number of carbonyl (C=O) groups excluding carboxylic acids is 2. The molecule has 1 aromatic rings. The summed E-state index contributed by atoms with van der Waals surface area (Å²) < 4.78 is 0. The Bertz CT molecular complexity index is 381. The van der Waals surface area contributed by atoms with Crippen molar-refractivity contribution in [2.45, 2.75) is 4.90 Å². The maximum absolute atomic E-state index is 11.0. The summed E-state index contributed by atoms with van der Waals surface area (Å²) >= 11 is 6.70. The molecular weight excluding hydrogens is 248 g/mol. The van der Waals surface area contributed by atoms with Crippen molar-refractivity contribution in [1.82, 2.24) is 0 Å². The Balaban J connectivity index is 2.54. The second-order valence-electron chi connectivity index (χ2n) is 2.96. The summed E-state index contributed by atoms with van der Waals surface area (Å²) in [4.78, 5) is 22.4. The monoisotopic (exact) mass is 258 g/mol. The maximum Gasteiger partial charge on any atom is 0.239 e. The Morgan fingerprint density at radius 1 is 1.31 bits per heavy atom. The number of thioether (sulfide) groups is 1. The van der Waals surface area contributed by atoms with E-state index in [1.165, 1.54) is 11.8 Å². The highest BCUT2D eigenvalue weighted by Gasteiger charge is 2.01. The van der Waals surface area contributed by atoms with Crippen LogP contribution in [0.1, 0.15) is 0 Å². The van der Waals surface area contributed by atoms with Crippen LogP contribution in [0.25, 0.3) is 0 Å². The van der Waals surface area contributed by atoms with Gasteiger partial charge in [0.15, 0.2) is 0 Å². The number of alkyl halides is 1. The van der Waals surface area contributed by atoms with Crippen molar-refractivity contribution in [3.63, 3.8) is 0 Å². The van der Waals surface area contributed by atoms with Crippen LogP contribution in [0.5, 0.6) is 0 Å². The SMILES string of the molecule is NC(=O)CSc1ccc(NC(=O)CCl)cc1. The summed E-state index contributed by atoms with van der Waals surface area (Å²) in [5.74, 6) is -0.435. The van der Waals surface area contributed by atoms with Crippen LogP contribution in [0.3, 0.4) is 0 Å². The number of benzene rings is 1. The quantitative estimate of drug-likeness (QED) is 0.620. The lowest BCUT2D eigenvalue weighted by Gasteiger charge is -2.04. The molecule has 4 nitrogen and oxygen atoms in total. The number of halogens is 1. The minimum absolute atomic E-state index is 0.0713. The zero-order valence-electron chi connectivity index (χ0n) is 8.40. The van der Waals surface area contributed by atoms with Crippen molar-refractivity contribution in [2.24, 2.45) is 5.73 Å². The van der Waals surface area contributed by atoms with Gasteiger partial charge >= 0.3 is 0 Å². The molecule has 0 aliphatic heterocycles. The number of primary amides is 1. The molecule has 0 saturated heterocycles. The minimum Gasteiger partial charge on any atom is -0.369 e. The number of rotatable bonds is 5. The topological polar surface area (TPSA) is 72.2 Å². The molecule has 3 N–H and O–H groups in total. The molecule has 0 aromatic heterocycles. The molecule has 0 atom stereocenters. The number of hydrogen-bond donors (Lipinski definition) is 2. The summed E-state index contributed by atoms with van der Waals surface area (Å²) in [6.07, 6.45) is 0. The first-order valence-corrected chi connectivity index (χ1v) is 6.01. The van der Waals surface area contributed by atoms with Gasteiger partial charge in [-0.2, -0.15) is 0 Å². The third kappa shape index (κ3) is 4.55. The number of nitrogens with two attached hydrogens (primary N) is 1. The zero-order chi connectivity index (χ0) is 12.0. The summed E-state index contributed by atoms with van der Waals surface area (Å²) in [6.45, 7) is 0. The van der Waals surface area contributed by atoms with E-state index in [0.29, 0.717) is 5.69 Å². The van der Waals surface area contributed by atoms with Crippen LogP contribution in [0.2, 0.25) is 0 Å². The first kappa shape index (κ1) is 12.9. The highest BCUT2D eigenvalue weighted by Crippen LogP contribution is 2.19. The predicted molar refractivity (Wildman–Crippen MR) is 65.7 cm³/mol. The van der Waals surface area contributed by atoms with Gasteiger partial charge in [-0.1, -0.05) is 0 Å². The lowest BCUT2D eigenvalue weighted by atomic mass is 10.3. The van der Waals surface area contributed by atoms with E-state index in [2.05, 4.69) is 5.32 Å². The first-order valence-electron chi connectivity index (χ1n) is 4.49. The molecule has 0 heterocycles. The fourth-order valence-electron chi connectivity index (χ4n) is 0.983. The van der Waals surface area contributed by atoms with Gasteiger partial charge in [-0.25, -0.2) is 0 Å². The average Bonchev–Trinajstić information content (AvgIpc) is 2.28. The predicted octanol–water partition coefficient (Wildman–Crippen LogP) is 1.44. The molecule has 0 fully saturated rings. The van der Waals surface area contributed by atoms with E-state index in [4.69, 9.17) is 17.3 Å². The number of anilines is 1. The molecule has 0 saturated carbocycles. The van der Waals surface area contributed by atoms with Crippen molar-refractivity contribution in [3.05, 3.63) is 24.3 Å². The Morgan fingerprint density at radius 2 is 1.94 bits per heavy atom. The second kappa shape index (κ2) is 6.40.